The van der Waals surface area contributed by atoms with Crippen molar-refractivity contribution in [1.82, 2.24) is 15.5 Å². The van der Waals surface area contributed by atoms with Gasteiger partial charge in [0.25, 0.3) is 0 Å². The largest absolute Gasteiger partial charge is 0.392 e. The van der Waals surface area contributed by atoms with Crippen molar-refractivity contribution in [2.45, 2.75) is 89.7 Å². The molecule has 5 atom stereocenters. The number of amides is 2. The van der Waals surface area contributed by atoms with Crippen molar-refractivity contribution in [3.8, 4) is 11.1 Å². The van der Waals surface area contributed by atoms with Crippen LogP contribution in [0.4, 0.5) is 0 Å². The first-order valence-electron chi connectivity index (χ1n) is 18.3. The van der Waals surface area contributed by atoms with Crippen LogP contribution in [0, 0.1) is 0 Å². The zero-order chi connectivity index (χ0) is 36.9. The van der Waals surface area contributed by atoms with Gasteiger partial charge in [0, 0.05) is 51.0 Å². The van der Waals surface area contributed by atoms with E-state index in [0.717, 1.165) is 58.2 Å². The summed E-state index contributed by atoms with van der Waals surface area (Å²) in [5.74, 6) is -0.00464. The van der Waals surface area contributed by atoms with Crippen LogP contribution in [-0.4, -0.2) is 59.2 Å². The topological polar surface area (TPSA) is 120 Å². The SMILES string of the molecule is CC(=O)NCCCCCC(=O)NCc1cccc(-c2ccc([C@H]3O[C@@H](CN(C)[C@H](C)[C@@H](O)c4ccccc4)C[C@@H](c4ccc(CO)cc4)O3)cc2)c1. The lowest BCUT2D eigenvalue weighted by molar-refractivity contribution is -0.253. The first-order valence-corrected chi connectivity index (χ1v) is 18.3. The molecule has 9 heteroatoms. The van der Waals surface area contributed by atoms with E-state index >= 15 is 0 Å². The summed E-state index contributed by atoms with van der Waals surface area (Å²) >= 11 is 0. The molecule has 2 amide bonds. The van der Waals surface area contributed by atoms with E-state index in [1.54, 1.807) is 0 Å². The van der Waals surface area contributed by atoms with E-state index in [1.165, 1.54) is 6.92 Å². The molecule has 4 N–H and O–H groups in total. The van der Waals surface area contributed by atoms with Crippen LogP contribution in [0.2, 0.25) is 0 Å². The number of carbonyl (C=O) groups is 2. The molecular weight excluding hydrogens is 654 g/mol. The molecule has 0 aliphatic carbocycles. The van der Waals surface area contributed by atoms with Crippen molar-refractivity contribution in [2.75, 3.05) is 20.1 Å². The quantitative estimate of drug-likeness (QED) is 0.0896. The third kappa shape index (κ3) is 11.3. The van der Waals surface area contributed by atoms with Crippen LogP contribution in [0.25, 0.3) is 11.1 Å². The number of likely N-dealkylation sites (N-methyl/N-ethyl adjacent to an activating group) is 1. The summed E-state index contributed by atoms with van der Waals surface area (Å²) in [6.45, 7) is 5.23. The summed E-state index contributed by atoms with van der Waals surface area (Å²) in [6, 6.07) is 33.9. The number of aliphatic hydroxyl groups is 2. The number of hydrogen-bond acceptors (Lipinski definition) is 7. The molecule has 4 aromatic carbocycles. The van der Waals surface area contributed by atoms with Gasteiger partial charge in [-0.15, -0.1) is 0 Å². The fraction of sp³-hybridized carbons (Fsp3) is 0.395. The number of hydrogen-bond donors (Lipinski definition) is 4. The molecule has 4 aromatic rings. The highest BCUT2D eigenvalue weighted by molar-refractivity contribution is 5.76. The van der Waals surface area contributed by atoms with E-state index in [0.29, 0.717) is 32.5 Å². The lowest BCUT2D eigenvalue weighted by Crippen LogP contribution is -2.43. The number of benzene rings is 4. The van der Waals surface area contributed by atoms with Crippen LogP contribution in [-0.2, 0) is 32.2 Å². The number of rotatable bonds is 17. The summed E-state index contributed by atoms with van der Waals surface area (Å²) < 4.78 is 13.2. The maximum atomic E-state index is 12.4. The third-order valence-electron chi connectivity index (χ3n) is 9.79. The number of unbranched alkanes of at least 4 members (excludes halogenated alkanes) is 2. The van der Waals surface area contributed by atoms with Crippen molar-refractivity contribution in [2.24, 2.45) is 0 Å². The highest BCUT2D eigenvalue weighted by atomic mass is 16.7. The van der Waals surface area contributed by atoms with E-state index in [2.05, 4.69) is 39.8 Å². The van der Waals surface area contributed by atoms with Crippen LogP contribution >= 0.6 is 0 Å². The minimum absolute atomic E-state index is 0.0144. The Morgan fingerprint density at radius 1 is 0.827 bits per heavy atom. The Morgan fingerprint density at radius 3 is 2.27 bits per heavy atom. The molecule has 1 aliphatic heterocycles. The number of aliphatic hydroxyl groups excluding tert-OH is 2. The van der Waals surface area contributed by atoms with E-state index in [-0.39, 0.29) is 36.7 Å². The summed E-state index contributed by atoms with van der Waals surface area (Å²) in [6.07, 6.45) is 2.06. The second-order valence-electron chi connectivity index (χ2n) is 13.8. The molecule has 1 heterocycles. The fourth-order valence-corrected chi connectivity index (χ4v) is 6.52. The van der Waals surface area contributed by atoms with Crippen molar-refractivity contribution in [3.05, 3.63) is 131 Å². The Bertz CT molecular complexity index is 1700. The van der Waals surface area contributed by atoms with Gasteiger partial charge in [0.05, 0.1) is 24.9 Å². The average molecular weight is 708 g/mol. The molecular formula is C43H53N3O6. The van der Waals surface area contributed by atoms with Gasteiger partial charge < -0.3 is 30.3 Å². The number of nitrogens with one attached hydrogen (secondary N) is 2. The predicted octanol–water partition coefficient (Wildman–Crippen LogP) is 6.76. The molecule has 0 bridgehead atoms. The maximum absolute atomic E-state index is 12.4. The molecule has 0 unspecified atom stereocenters. The number of carbonyl (C=O) groups excluding carboxylic acids is 2. The average Bonchev–Trinajstić information content (AvgIpc) is 3.18. The Balaban J connectivity index is 1.22. The molecule has 276 valence electrons. The summed E-state index contributed by atoms with van der Waals surface area (Å²) in [7, 11) is 2.02. The maximum Gasteiger partial charge on any atom is 0.220 e. The van der Waals surface area contributed by atoms with Gasteiger partial charge >= 0.3 is 0 Å². The highest BCUT2D eigenvalue weighted by Crippen LogP contribution is 2.39. The molecule has 0 saturated carbocycles. The zero-order valence-corrected chi connectivity index (χ0v) is 30.5. The third-order valence-corrected chi connectivity index (χ3v) is 9.79. The standard InChI is InChI=1S/C43H53N3O6/c1-30(42(50)36-12-6-4-7-13-36)46(3)28-39-26-40(35-18-16-32(29-47)17-19-35)52-43(51-39)37-22-20-34(21-23-37)38-14-10-11-33(25-38)27-45-41(49)15-8-5-9-24-44-31(2)48/h4,6-7,10-14,16-23,25,30,39-40,42-43,47,50H,5,8-9,15,24,26-29H2,1-3H3,(H,44,48)(H,45,49)/t30-,39-,40+,42-,43+/m1/s1. The first kappa shape index (κ1) is 38.8. The zero-order valence-electron chi connectivity index (χ0n) is 30.5. The monoisotopic (exact) mass is 707 g/mol. The van der Waals surface area contributed by atoms with Crippen molar-refractivity contribution >= 4 is 11.8 Å². The van der Waals surface area contributed by atoms with Gasteiger partial charge in [0.1, 0.15) is 0 Å². The number of ether oxygens (including phenoxy) is 2. The second kappa shape index (κ2) is 19.5. The molecule has 5 rings (SSSR count). The highest BCUT2D eigenvalue weighted by Gasteiger charge is 2.34. The van der Waals surface area contributed by atoms with E-state index in [9.17, 15) is 19.8 Å². The van der Waals surface area contributed by atoms with Gasteiger partial charge in [-0.2, -0.15) is 0 Å². The molecule has 52 heavy (non-hydrogen) atoms. The molecule has 1 fully saturated rings. The van der Waals surface area contributed by atoms with Crippen molar-refractivity contribution in [3.63, 3.8) is 0 Å². The van der Waals surface area contributed by atoms with Crippen LogP contribution in [0.1, 0.15) is 92.3 Å². The molecule has 0 spiro atoms. The van der Waals surface area contributed by atoms with Gasteiger partial charge in [-0.25, -0.2) is 0 Å². The second-order valence-corrected chi connectivity index (χ2v) is 13.8. The minimum Gasteiger partial charge on any atom is -0.392 e. The van der Waals surface area contributed by atoms with Gasteiger partial charge in [0.15, 0.2) is 6.29 Å². The lowest BCUT2D eigenvalue weighted by Gasteiger charge is -2.39. The van der Waals surface area contributed by atoms with Crippen molar-refractivity contribution < 1.29 is 29.3 Å². The number of nitrogens with zero attached hydrogens (tertiary/aromatic N) is 1. The first-order chi connectivity index (χ1) is 25.2. The van der Waals surface area contributed by atoms with Gasteiger partial charge in [-0.05, 0) is 66.3 Å². The molecule has 9 nitrogen and oxygen atoms in total. The van der Waals surface area contributed by atoms with Crippen LogP contribution in [0.15, 0.2) is 103 Å². The molecule has 1 saturated heterocycles. The van der Waals surface area contributed by atoms with E-state index in [4.69, 9.17) is 9.47 Å². The Morgan fingerprint density at radius 2 is 1.56 bits per heavy atom. The van der Waals surface area contributed by atoms with Gasteiger partial charge in [-0.3, -0.25) is 14.5 Å². The van der Waals surface area contributed by atoms with E-state index in [1.807, 2.05) is 92.8 Å². The Hall–Kier alpha value is -4.38. The van der Waals surface area contributed by atoms with Crippen molar-refractivity contribution in [1.29, 1.82) is 0 Å². The van der Waals surface area contributed by atoms with Crippen LogP contribution in [0.5, 0.6) is 0 Å². The molecule has 1 aliphatic rings. The summed E-state index contributed by atoms with van der Waals surface area (Å²) in [5.41, 5.74) is 6.78. The Kier molecular flexibility index (Phi) is 14.5. The normalized spacial score (nSPS) is 18.5. The smallest absolute Gasteiger partial charge is 0.220 e. The van der Waals surface area contributed by atoms with Crippen LogP contribution in [0.3, 0.4) is 0 Å². The molecule has 0 aromatic heterocycles. The summed E-state index contributed by atoms with van der Waals surface area (Å²) in [4.78, 5) is 25.5. The lowest BCUT2D eigenvalue weighted by atomic mass is 9.98. The van der Waals surface area contributed by atoms with Crippen LogP contribution < -0.4 is 10.6 Å². The van der Waals surface area contributed by atoms with Gasteiger partial charge in [-0.1, -0.05) is 103 Å². The van der Waals surface area contributed by atoms with E-state index < -0.39 is 12.4 Å². The minimum atomic E-state index is -0.635. The fourth-order valence-electron chi connectivity index (χ4n) is 6.52. The molecule has 0 radical (unpaired) electrons. The Labute approximate surface area is 308 Å². The predicted molar refractivity (Wildman–Crippen MR) is 203 cm³/mol. The summed E-state index contributed by atoms with van der Waals surface area (Å²) in [5, 5.41) is 26.5. The van der Waals surface area contributed by atoms with Gasteiger partial charge in [0.2, 0.25) is 11.8 Å².